The lowest BCUT2D eigenvalue weighted by Gasteiger charge is -1.94. The van der Waals surface area contributed by atoms with Gasteiger partial charge in [0.2, 0.25) is 0 Å². The van der Waals surface area contributed by atoms with Crippen LogP contribution in [0.5, 0.6) is 0 Å². The van der Waals surface area contributed by atoms with Crippen LogP contribution < -0.4 is 5.73 Å². The fraction of sp³-hybridized carbons (Fsp3) is 0.364. The highest BCUT2D eigenvalue weighted by Gasteiger charge is 2.06. The van der Waals surface area contributed by atoms with Crippen LogP contribution in [-0.2, 0) is 6.42 Å². The Hall–Kier alpha value is -0.230. The van der Waals surface area contributed by atoms with Crippen molar-refractivity contribution in [1.29, 1.82) is 0 Å². The first-order valence-electron chi connectivity index (χ1n) is 5.20. The fourth-order valence-corrected chi connectivity index (χ4v) is 3.67. The maximum Gasteiger partial charge on any atom is 0.0932 e. The lowest BCUT2D eigenvalue weighted by molar-refractivity contribution is 0.742. The third-order valence-corrected chi connectivity index (χ3v) is 4.78. The largest absolute Gasteiger partial charge is 0.330 e. The molecule has 0 aliphatic carbocycles. The average Bonchev–Trinajstić information content (AvgIpc) is 2.87. The molecule has 0 radical (unpaired) electrons. The van der Waals surface area contributed by atoms with Crippen molar-refractivity contribution in [3.8, 4) is 10.6 Å². The van der Waals surface area contributed by atoms with Crippen LogP contribution in [0.15, 0.2) is 21.3 Å². The number of thiazole rings is 1. The van der Waals surface area contributed by atoms with Crippen LogP contribution in [0.1, 0.15) is 17.8 Å². The molecule has 0 aliphatic heterocycles. The summed E-state index contributed by atoms with van der Waals surface area (Å²) in [6.45, 7) is 0.774. The summed E-state index contributed by atoms with van der Waals surface area (Å²) in [5.74, 6) is 0. The molecule has 0 aromatic carbocycles. The summed E-state index contributed by atoms with van der Waals surface area (Å²) in [4.78, 5) is 5.86. The smallest absolute Gasteiger partial charge is 0.0932 e. The molecule has 0 spiro atoms. The van der Waals surface area contributed by atoms with E-state index in [-0.39, 0.29) is 0 Å². The van der Waals surface area contributed by atoms with E-state index in [1.54, 1.807) is 22.7 Å². The Bertz CT molecular complexity index is 450. The van der Waals surface area contributed by atoms with Crippen LogP contribution in [0.25, 0.3) is 10.6 Å². The summed E-state index contributed by atoms with van der Waals surface area (Å²) >= 11 is 6.93. The van der Waals surface area contributed by atoms with Crippen LogP contribution >= 0.6 is 38.6 Å². The first kappa shape index (κ1) is 12.2. The maximum absolute atomic E-state index is 5.47. The van der Waals surface area contributed by atoms with Crippen LogP contribution in [0, 0.1) is 0 Å². The van der Waals surface area contributed by atoms with E-state index in [2.05, 4.69) is 38.4 Å². The molecule has 2 nitrogen and oxygen atoms in total. The molecule has 16 heavy (non-hydrogen) atoms. The predicted molar refractivity (Wildman–Crippen MR) is 75.1 cm³/mol. The molecule has 0 unspecified atom stereocenters. The number of hydrogen-bond acceptors (Lipinski definition) is 4. The van der Waals surface area contributed by atoms with Gasteiger partial charge in [-0.2, -0.15) is 0 Å². The van der Waals surface area contributed by atoms with Crippen LogP contribution in [-0.4, -0.2) is 11.5 Å². The number of rotatable bonds is 5. The molecule has 2 heterocycles. The molecule has 2 N–H and O–H groups in total. The van der Waals surface area contributed by atoms with Crippen molar-refractivity contribution >= 4 is 38.6 Å². The SMILES string of the molecule is NCCCCc1nc(-c2ccc(Br)s2)cs1. The third kappa shape index (κ3) is 3.13. The minimum atomic E-state index is 0.774. The standard InChI is InChI=1S/C11H13BrN2S2/c12-10-5-4-9(16-10)8-7-15-11(14-8)3-1-2-6-13/h4-5,7H,1-3,6,13H2. The van der Waals surface area contributed by atoms with Gasteiger partial charge in [-0.15, -0.1) is 22.7 Å². The molecular weight excluding hydrogens is 304 g/mol. The van der Waals surface area contributed by atoms with Crippen LogP contribution in [0.2, 0.25) is 0 Å². The molecule has 0 atom stereocenters. The Morgan fingerprint density at radius 2 is 2.19 bits per heavy atom. The van der Waals surface area contributed by atoms with Gasteiger partial charge >= 0.3 is 0 Å². The summed E-state index contributed by atoms with van der Waals surface area (Å²) in [6.07, 6.45) is 3.27. The molecule has 2 rings (SSSR count). The minimum absolute atomic E-state index is 0.774. The number of aromatic nitrogens is 1. The van der Waals surface area contributed by atoms with Crippen molar-refractivity contribution in [2.24, 2.45) is 5.73 Å². The second-order valence-corrected chi connectivity index (χ2v) is 6.88. The maximum atomic E-state index is 5.47. The van der Waals surface area contributed by atoms with Gasteiger partial charge in [-0.25, -0.2) is 4.98 Å². The summed E-state index contributed by atoms with van der Waals surface area (Å²) in [7, 11) is 0. The topological polar surface area (TPSA) is 38.9 Å². The number of hydrogen-bond donors (Lipinski definition) is 1. The lowest BCUT2D eigenvalue weighted by atomic mass is 10.2. The highest BCUT2D eigenvalue weighted by atomic mass is 79.9. The van der Waals surface area contributed by atoms with E-state index >= 15 is 0 Å². The second kappa shape index (κ2) is 5.91. The number of nitrogens with two attached hydrogens (primary N) is 1. The molecule has 2 aromatic heterocycles. The van der Waals surface area contributed by atoms with Crippen molar-refractivity contribution in [2.45, 2.75) is 19.3 Å². The van der Waals surface area contributed by atoms with E-state index in [9.17, 15) is 0 Å². The molecule has 86 valence electrons. The molecule has 0 fully saturated rings. The van der Waals surface area contributed by atoms with Gasteiger partial charge in [-0.3, -0.25) is 0 Å². The highest BCUT2D eigenvalue weighted by Crippen LogP contribution is 2.32. The highest BCUT2D eigenvalue weighted by molar-refractivity contribution is 9.11. The number of nitrogens with zero attached hydrogens (tertiary/aromatic N) is 1. The van der Waals surface area contributed by atoms with Crippen molar-refractivity contribution in [1.82, 2.24) is 4.98 Å². The summed E-state index contributed by atoms with van der Waals surface area (Å²) in [5.41, 5.74) is 6.57. The van der Waals surface area contributed by atoms with Crippen LogP contribution in [0.3, 0.4) is 0 Å². The Morgan fingerprint density at radius 1 is 1.31 bits per heavy atom. The van der Waals surface area contributed by atoms with Gasteiger partial charge in [-0.1, -0.05) is 0 Å². The molecular formula is C11H13BrN2S2. The van der Waals surface area contributed by atoms with Gasteiger partial charge in [0.15, 0.2) is 0 Å². The zero-order chi connectivity index (χ0) is 11.4. The van der Waals surface area contributed by atoms with E-state index in [0.29, 0.717) is 0 Å². The van der Waals surface area contributed by atoms with Gasteiger partial charge in [0, 0.05) is 5.38 Å². The quantitative estimate of drug-likeness (QED) is 0.849. The molecule has 5 heteroatoms. The van der Waals surface area contributed by atoms with Crippen molar-refractivity contribution < 1.29 is 0 Å². The Morgan fingerprint density at radius 3 is 2.88 bits per heavy atom. The van der Waals surface area contributed by atoms with E-state index < -0.39 is 0 Å². The van der Waals surface area contributed by atoms with Crippen LogP contribution in [0.4, 0.5) is 0 Å². The van der Waals surface area contributed by atoms with Crippen molar-refractivity contribution in [3.63, 3.8) is 0 Å². The van der Waals surface area contributed by atoms with Crippen molar-refractivity contribution in [2.75, 3.05) is 6.54 Å². The van der Waals surface area contributed by atoms with Gasteiger partial charge in [0.1, 0.15) is 0 Å². The Balaban J connectivity index is 2.02. The number of aryl methyl sites for hydroxylation is 1. The molecule has 0 aliphatic rings. The minimum Gasteiger partial charge on any atom is -0.330 e. The Kier molecular flexibility index (Phi) is 4.52. The van der Waals surface area contributed by atoms with Gasteiger partial charge in [-0.05, 0) is 53.9 Å². The molecule has 0 saturated heterocycles. The van der Waals surface area contributed by atoms with Gasteiger partial charge in [0.05, 0.1) is 19.4 Å². The lowest BCUT2D eigenvalue weighted by Crippen LogP contribution is -1.98. The first-order valence-corrected chi connectivity index (χ1v) is 7.68. The molecule has 2 aromatic rings. The zero-order valence-corrected chi connectivity index (χ0v) is 12.0. The number of halogens is 1. The van der Waals surface area contributed by atoms with Gasteiger partial charge < -0.3 is 5.73 Å². The van der Waals surface area contributed by atoms with E-state index in [4.69, 9.17) is 5.73 Å². The summed E-state index contributed by atoms with van der Waals surface area (Å²) in [6, 6.07) is 4.17. The fourth-order valence-electron chi connectivity index (χ4n) is 1.41. The monoisotopic (exact) mass is 316 g/mol. The second-order valence-electron chi connectivity index (χ2n) is 3.48. The molecule has 0 amide bonds. The Labute approximate surface area is 112 Å². The third-order valence-electron chi connectivity index (χ3n) is 2.22. The average molecular weight is 317 g/mol. The first-order chi connectivity index (χ1) is 7.79. The molecule has 0 bridgehead atoms. The number of unbranched alkanes of at least 4 members (excludes halogenated alkanes) is 1. The van der Waals surface area contributed by atoms with Gasteiger partial charge in [0.25, 0.3) is 0 Å². The van der Waals surface area contributed by atoms with E-state index in [0.717, 1.165) is 35.3 Å². The van der Waals surface area contributed by atoms with E-state index in [1.165, 1.54) is 9.88 Å². The summed E-state index contributed by atoms with van der Waals surface area (Å²) < 4.78 is 1.15. The molecule has 0 saturated carbocycles. The summed E-state index contributed by atoms with van der Waals surface area (Å²) in [5, 5.41) is 3.35. The zero-order valence-electron chi connectivity index (χ0n) is 8.78. The van der Waals surface area contributed by atoms with E-state index in [1.807, 2.05) is 0 Å². The van der Waals surface area contributed by atoms with Crippen molar-refractivity contribution in [3.05, 3.63) is 26.3 Å². The normalized spacial score (nSPS) is 10.9. The predicted octanol–water partition coefficient (Wildman–Crippen LogP) is 3.92. The number of thiophene rings is 1.